The summed E-state index contributed by atoms with van der Waals surface area (Å²) in [5.41, 5.74) is 3.32. The lowest BCUT2D eigenvalue weighted by Crippen LogP contribution is -2.26. The van der Waals surface area contributed by atoms with Crippen LogP contribution in [0.3, 0.4) is 0 Å². The lowest BCUT2D eigenvalue weighted by Gasteiger charge is -2.10. The number of benzene rings is 3. The van der Waals surface area contributed by atoms with Crippen LogP contribution in [0.4, 0.5) is 4.39 Å². The van der Waals surface area contributed by atoms with E-state index in [4.69, 9.17) is 0 Å². The van der Waals surface area contributed by atoms with Crippen LogP contribution in [0, 0.1) is 5.82 Å². The van der Waals surface area contributed by atoms with Gasteiger partial charge in [0.25, 0.3) is 0 Å². The normalized spacial score (nSPS) is 11.1. The molecule has 0 aliphatic heterocycles. The number of H-pyrrole nitrogens is 1. The highest BCUT2D eigenvalue weighted by Gasteiger charge is 2.21. The fraction of sp³-hybridized carbons (Fsp3) is 0.207. The van der Waals surface area contributed by atoms with Crippen molar-refractivity contribution in [1.82, 2.24) is 29.8 Å². The van der Waals surface area contributed by atoms with Gasteiger partial charge < -0.3 is 5.11 Å². The lowest BCUT2D eigenvalue weighted by atomic mass is 9.98. The maximum atomic E-state index is 14.8. The number of halogens is 1. The minimum atomic E-state index is -1.30. The van der Waals surface area contributed by atoms with E-state index < -0.39 is 17.5 Å². The van der Waals surface area contributed by atoms with Crippen LogP contribution in [0.1, 0.15) is 47.8 Å². The molecule has 0 amide bonds. The number of carbonyl (C=O) groups is 1. The first-order valence-corrected chi connectivity index (χ1v) is 12.7. The van der Waals surface area contributed by atoms with E-state index in [-0.39, 0.29) is 17.8 Å². The highest BCUT2D eigenvalue weighted by atomic mass is 19.1. The second-order valence-electron chi connectivity index (χ2n) is 9.24. The third-order valence-electron chi connectivity index (χ3n) is 6.68. The molecular formula is C29H27FN6O3. The van der Waals surface area contributed by atoms with Gasteiger partial charge in [-0.3, -0.25) is 9.13 Å². The fourth-order valence-corrected chi connectivity index (χ4v) is 4.72. The number of tetrazole rings is 1. The second-order valence-corrected chi connectivity index (χ2v) is 9.24. The summed E-state index contributed by atoms with van der Waals surface area (Å²) in [4.78, 5) is 25.4. The van der Waals surface area contributed by atoms with Crippen LogP contribution in [-0.2, 0) is 13.0 Å². The topological polar surface area (TPSA) is 119 Å². The van der Waals surface area contributed by atoms with E-state index in [1.165, 1.54) is 12.1 Å². The Morgan fingerprint density at radius 3 is 2.46 bits per heavy atom. The number of hydrogen-bond donors (Lipinski definition) is 2. The van der Waals surface area contributed by atoms with Crippen LogP contribution >= 0.6 is 0 Å². The molecule has 10 heteroatoms. The van der Waals surface area contributed by atoms with Gasteiger partial charge in [0.05, 0.1) is 12.1 Å². The van der Waals surface area contributed by atoms with Gasteiger partial charge in [0.1, 0.15) is 11.5 Å². The second kappa shape index (κ2) is 11.3. The molecule has 0 unspecified atom stereocenters. The molecule has 0 spiro atoms. The first-order chi connectivity index (χ1) is 19.0. The summed E-state index contributed by atoms with van der Waals surface area (Å²) in [5.74, 6) is -1.57. The first kappa shape index (κ1) is 25.8. The van der Waals surface area contributed by atoms with Gasteiger partial charge in [0.2, 0.25) is 5.82 Å². The number of carboxylic acid groups (broad SMARTS) is 1. The predicted molar refractivity (Wildman–Crippen MR) is 144 cm³/mol. The van der Waals surface area contributed by atoms with Gasteiger partial charge >= 0.3 is 11.7 Å². The van der Waals surface area contributed by atoms with Crippen LogP contribution in [0.15, 0.2) is 77.7 Å². The molecule has 0 aliphatic carbocycles. The minimum Gasteiger partial charge on any atom is -0.478 e. The molecule has 2 N–H and O–H groups in total. The maximum absolute atomic E-state index is 14.8. The Hall–Kier alpha value is -4.86. The summed E-state index contributed by atoms with van der Waals surface area (Å²) >= 11 is 0. The number of para-hydroxylation sites is 1. The molecule has 0 saturated heterocycles. The largest absolute Gasteiger partial charge is 0.478 e. The van der Waals surface area contributed by atoms with E-state index in [0.29, 0.717) is 12.2 Å². The fourth-order valence-electron chi connectivity index (χ4n) is 4.72. The van der Waals surface area contributed by atoms with Gasteiger partial charge in [-0.2, -0.15) is 5.21 Å². The number of aromatic carboxylic acids is 1. The zero-order valence-corrected chi connectivity index (χ0v) is 21.3. The Kier molecular flexibility index (Phi) is 7.44. The van der Waals surface area contributed by atoms with Crippen LogP contribution in [0.5, 0.6) is 0 Å². The number of nitrogens with zero attached hydrogens (tertiary/aromatic N) is 5. The van der Waals surface area contributed by atoms with Crippen molar-refractivity contribution < 1.29 is 14.3 Å². The lowest BCUT2D eigenvalue weighted by molar-refractivity contribution is 0.0696. The van der Waals surface area contributed by atoms with E-state index in [1.54, 1.807) is 10.8 Å². The third kappa shape index (κ3) is 5.26. The smallest absolute Gasteiger partial charge is 0.337 e. The number of aromatic nitrogens is 6. The van der Waals surface area contributed by atoms with Gasteiger partial charge in [0.15, 0.2) is 0 Å². The average molecular weight is 527 g/mol. The van der Waals surface area contributed by atoms with Crippen molar-refractivity contribution in [3.05, 3.63) is 106 Å². The molecule has 2 heterocycles. The van der Waals surface area contributed by atoms with Gasteiger partial charge in [0, 0.05) is 17.5 Å². The summed E-state index contributed by atoms with van der Waals surface area (Å²) in [7, 11) is 0. The van der Waals surface area contributed by atoms with Gasteiger partial charge in [-0.15, -0.1) is 10.2 Å². The number of rotatable bonds is 10. The zero-order chi connectivity index (χ0) is 27.4. The quantitative estimate of drug-likeness (QED) is 0.244. The monoisotopic (exact) mass is 526 g/mol. The number of imidazole rings is 1. The predicted octanol–water partition coefficient (Wildman–Crippen LogP) is 5.10. The standard InChI is InChI=1S/C29H27FN6O3/c1-2-3-4-8-21-18-36(26-24(28(37)38)11-7-12-25(26)30)29(39)35(21)17-19-13-15-20(16-14-19)22-9-5-6-10-23(22)27-31-33-34-32-27/h5-7,9-16,18H,2-4,8,17H2,1H3,(H,37,38)(H,31,32,33,34). The summed E-state index contributed by atoms with van der Waals surface area (Å²) in [6.07, 6.45) is 5.03. The van der Waals surface area contributed by atoms with Crippen molar-refractivity contribution in [2.24, 2.45) is 0 Å². The van der Waals surface area contributed by atoms with E-state index in [0.717, 1.165) is 57.8 Å². The number of hydrogen-bond acceptors (Lipinski definition) is 5. The zero-order valence-electron chi connectivity index (χ0n) is 21.3. The molecule has 5 rings (SSSR count). The molecule has 0 radical (unpaired) electrons. The Morgan fingerprint density at radius 1 is 1.00 bits per heavy atom. The van der Waals surface area contributed by atoms with Crippen molar-refractivity contribution in [2.75, 3.05) is 0 Å². The van der Waals surface area contributed by atoms with Crippen molar-refractivity contribution >= 4 is 5.97 Å². The van der Waals surface area contributed by atoms with E-state index in [2.05, 4.69) is 27.5 Å². The van der Waals surface area contributed by atoms with Crippen molar-refractivity contribution in [2.45, 2.75) is 39.2 Å². The molecule has 0 saturated carbocycles. The molecule has 3 aromatic carbocycles. The Labute approximate surface area is 223 Å². The molecule has 198 valence electrons. The molecule has 39 heavy (non-hydrogen) atoms. The number of aryl methyl sites for hydroxylation is 1. The average Bonchev–Trinajstić information content (AvgIpc) is 3.58. The van der Waals surface area contributed by atoms with E-state index in [9.17, 15) is 19.1 Å². The Morgan fingerprint density at radius 2 is 1.77 bits per heavy atom. The highest BCUT2D eigenvalue weighted by molar-refractivity contribution is 5.92. The summed E-state index contributed by atoms with van der Waals surface area (Å²) in [5, 5.41) is 23.9. The molecule has 2 aromatic heterocycles. The van der Waals surface area contributed by atoms with Gasteiger partial charge in [-0.05, 0) is 46.9 Å². The van der Waals surface area contributed by atoms with Crippen LogP contribution in [-0.4, -0.2) is 40.8 Å². The number of aromatic amines is 1. The summed E-state index contributed by atoms with van der Waals surface area (Å²) in [6.45, 7) is 2.35. The van der Waals surface area contributed by atoms with Gasteiger partial charge in [-0.25, -0.2) is 14.0 Å². The third-order valence-corrected chi connectivity index (χ3v) is 6.68. The van der Waals surface area contributed by atoms with Crippen molar-refractivity contribution in [3.63, 3.8) is 0 Å². The Bertz CT molecular complexity index is 1660. The SMILES string of the molecule is CCCCCc1cn(-c2c(F)cccc2C(=O)O)c(=O)n1Cc1ccc(-c2ccccc2-c2nn[nH]n2)cc1. The Balaban J connectivity index is 1.51. The van der Waals surface area contributed by atoms with Crippen LogP contribution in [0.25, 0.3) is 28.2 Å². The number of unbranched alkanes of at least 4 members (excludes halogenated alkanes) is 2. The molecule has 9 nitrogen and oxygen atoms in total. The molecule has 5 aromatic rings. The van der Waals surface area contributed by atoms with Crippen LogP contribution in [0.2, 0.25) is 0 Å². The van der Waals surface area contributed by atoms with Crippen LogP contribution < -0.4 is 5.69 Å². The molecular weight excluding hydrogens is 499 g/mol. The summed E-state index contributed by atoms with van der Waals surface area (Å²) in [6, 6.07) is 19.3. The number of nitrogens with one attached hydrogen (secondary N) is 1. The molecule has 0 fully saturated rings. The van der Waals surface area contributed by atoms with E-state index in [1.807, 2.05) is 48.5 Å². The highest BCUT2D eigenvalue weighted by Crippen LogP contribution is 2.30. The van der Waals surface area contributed by atoms with Crippen molar-refractivity contribution in [1.29, 1.82) is 0 Å². The minimum absolute atomic E-state index is 0.251. The van der Waals surface area contributed by atoms with Gasteiger partial charge in [-0.1, -0.05) is 74.4 Å². The maximum Gasteiger partial charge on any atom is 0.337 e. The summed E-state index contributed by atoms with van der Waals surface area (Å²) < 4.78 is 17.6. The molecule has 0 atom stereocenters. The number of carboxylic acids is 1. The van der Waals surface area contributed by atoms with E-state index >= 15 is 0 Å². The molecule has 0 bridgehead atoms. The molecule has 0 aliphatic rings. The first-order valence-electron chi connectivity index (χ1n) is 12.7. The van der Waals surface area contributed by atoms with Crippen molar-refractivity contribution in [3.8, 4) is 28.2 Å².